The Bertz CT molecular complexity index is 241. The van der Waals surface area contributed by atoms with Crippen molar-refractivity contribution in [2.75, 3.05) is 0 Å². The van der Waals surface area contributed by atoms with E-state index in [9.17, 15) is 0 Å². The molecule has 2 aliphatic rings. The molecule has 0 aromatic carbocycles. The van der Waals surface area contributed by atoms with Crippen LogP contribution in [-0.2, 0) is 0 Å². The minimum absolute atomic E-state index is 0.624. The van der Waals surface area contributed by atoms with Crippen molar-refractivity contribution in [1.82, 2.24) is 10.6 Å². The second-order valence-electron chi connectivity index (χ2n) is 5.73. The lowest BCUT2D eigenvalue weighted by Crippen LogP contribution is -2.46. The molecule has 2 fully saturated rings. The Balaban J connectivity index is 1.65. The monoisotopic (exact) mass is 254 g/mol. The maximum atomic E-state index is 5.41. The summed E-state index contributed by atoms with van der Waals surface area (Å²) < 4.78 is 0. The molecule has 0 aromatic heterocycles. The second kappa shape index (κ2) is 6.58. The van der Waals surface area contributed by atoms with E-state index in [4.69, 9.17) is 12.2 Å². The van der Waals surface area contributed by atoms with Crippen LogP contribution in [0.4, 0.5) is 0 Å². The van der Waals surface area contributed by atoms with Gasteiger partial charge in [-0.1, -0.05) is 26.2 Å². The van der Waals surface area contributed by atoms with Gasteiger partial charge in [0, 0.05) is 12.1 Å². The molecule has 2 nitrogen and oxygen atoms in total. The molecule has 3 heteroatoms. The molecule has 0 amide bonds. The highest BCUT2D eigenvalue weighted by Gasteiger charge is 2.21. The van der Waals surface area contributed by atoms with Gasteiger partial charge in [-0.2, -0.15) is 0 Å². The normalized spacial score (nSPS) is 30.2. The quantitative estimate of drug-likeness (QED) is 0.755. The number of rotatable bonds is 3. The largest absolute Gasteiger partial charge is 0.360 e. The molecule has 0 heterocycles. The number of thiocarbonyl (C=S) groups is 1. The minimum Gasteiger partial charge on any atom is -0.360 e. The third-order valence-electron chi connectivity index (χ3n) is 4.45. The molecule has 98 valence electrons. The zero-order chi connectivity index (χ0) is 12.1. The molecule has 0 aromatic rings. The molecular weight excluding hydrogens is 228 g/mol. The molecule has 0 saturated heterocycles. The smallest absolute Gasteiger partial charge is 0.166 e. The van der Waals surface area contributed by atoms with Crippen LogP contribution in [-0.4, -0.2) is 17.2 Å². The first-order valence-corrected chi connectivity index (χ1v) is 7.75. The van der Waals surface area contributed by atoms with Crippen molar-refractivity contribution in [3.05, 3.63) is 0 Å². The van der Waals surface area contributed by atoms with Gasteiger partial charge >= 0.3 is 0 Å². The fourth-order valence-corrected chi connectivity index (χ4v) is 3.53. The third kappa shape index (κ3) is 4.13. The topological polar surface area (TPSA) is 24.1 Å². The zero-order valence-electron chi connectivity index (χ0n) is 11.0. The van der Waals surface area contributed by atoms with Gasteiger partial charge < -0.3 is 10.6 Å². The molecule has 0 spiro atoms. The fraction of sp³-hybridized carbons (Fsp3) is 0.929. The lowest BCUT2D eigenvalue weighted by Gasteiger charge is -2.30. The SMILES string of the molecule is CCC1CCC(NC(=S)NC2CCCC2)CC1. The number of hydrogen-bond acceptors (Lipinski definition) is 1. The summed E-state index contributed by atoms with van der Waals surface area (Å²) in [5, 5.41) is 7.88. The predicted molar refractivity (Wildman–Crippen MR) is 77.2 cm³/mol. The van der Waals surface area contributed by atoms with E-state index in [2.05, 4.69) is 17.6 Å². The van der Waals surface area contributed by atoms with Crippen LogP contribution in [0.25, 0.3) is 0 Å². The van der Waals surface area contributed by atoms with Crippen LogP contribution in [0, 0.1) is 5.92 Å². The molecule has 0 radical (unpaired) electrons. The summed E-state index contributed by atoms with van der Waals surface area (Å²) in [7, 11) is 0. The Kier molecular flexibility index (Phi) is 5.08. The van der Waals surface area contributed by atoms with Crippen LogP contribution < -0.4 is 10.6 Å². The van der Waals surface area contributed by atoms with Gasteiger partial charge in [0.25, 0.3) is 0 Å². The summed E-state index contributed by atoms with van der Waals surface area (Å²) in [5.74, 6) is 0.962. The summed E-state index contributed by atoms with van der Waals surface area (Å²) in [6.07, 6.45) is 12.0. The Morgan fingerprint density at radius 3 is 2.00 bits per heavy atom. The fourth-order valence-electron chi connectivity index (χ4n) is 3.20. The van der Waals surface area contributed by atoms with E-state index < -0.39 is 0 Å². The summed E-state index contributed by atoms with van der Waals surface area (Å²) in [6.45, 7) is 2.31. The van der Waals surface area contributed by atoms with Gasteiger partial charge in [0.2, 0.25) is 0 Å². The predicted octanol–water partition coefficient (Wildman–Crippen LogP) is 3.36. The van der Waals surface area contributed by atoms with Crippen molar-refractivity contribution < 1.29 is 0 Å². The van der Waals surface area contributed by atoms with Crippen LogP contribution in [0.15, 0.2) is 0 Å². The lowest BCUT2D eigenvalue weighted by molar-refractivity contribution is 0.304. The van der Waals surface area contributed by atoms with E-state index in [1.807, 2.05) is 0 Å². The van der Waals surface area contributed by atoms with Crippen molar-refractivity contribution in [3.8, 4) is 0 Å². The van der Waals surface area contributed by atoms with Gasteiger partial charge in [-0.05, 0) is 56.7 Å². The summed E-state index contributed by atoms with van der Waals surface area (Å²) >= 11 is 5.41. The van der Waals surface area contributed by atoms with Crippen molar-refractivity contribution >= 4 is 17.3 Å². The van der Waals surface area contributed by atoms with Crippen molar-refractivity contribution in [2.45, 2.75) is 76.8 Å². The highest BCUT2D eigenvalue weighted by Crippen LogP contribution is 2.26. The molecular formula is C14H26N2S. The molecule has 0 unspecified atom stereocenters. The van der Waals surface area contributed by atoms with E-state index in [1.165, 1.54) is 57.8 Å². The summed E-state index contributed by atoms with van der Waals surface area (Å²) in [5.41, 5.74) is 0. The lowest BCUT2D eigenvalue weighted by atomic mass is 9.85. The van der Waals surface area contributed by atoms with Crippen molar-refractivity contribution in [1.29, 1.82) is 0 Å². The van der Waals surface area contributed by atoms with Gasteiger partial charge in [-0.15, -0.1) is 0 Å². The maximum Gasteiger partial charge on any atom is 0.166 e. The molecule has 2 rings (SSSR count). The molecule has 2 saturated carbocycles. The minimum atomic E-state index is 0.624. The Labute approximate surface area is 111 Å². The first kappa shape index (κ1) is 13.1. The second-order valence-corrected chi connectivity index (χ2v) is 6.13. The zero-order valence-corrected chi connectivity index (χ0v) is 11.8. The number of hydrogen-bond donors (Lipinski definition) is 2. The summed E-state index contributed by atoms with van der Waals surface area (Å²) in [4.78, 5) is 0. The molecule has 2 N–H and O–H groups in total. The van der Waals surface area contributed by atoms with Gasteiger partial charge in [0.15, 0.2) is 5.11 Å². The van der Waals surface area contributed by atoms with E-state index >= 15 is 0 Å². The first-order chi connectivity index (χ1) is 8.28. The third-order valence-corrected chi connectivity index (χ3v) is 4.69. The average molecular weight is 254 g/mol. The van der Waals surface area contributed by atoms with Crippen LogP contribution in [0.3, 0.4) is 0 Å². The number of nitrogens with one attached hydrogen (secondary N) is 2. The molecule has 17 heavy (non-hydrogen) atoms. The van der Waals surface area contributed by atoms with Gasteiger partial charge in [0.05, 0.1) is 0 Å². The van der Waals surface area contributed by atoms with Crippen LogP contribution >= 0.6 is 12.2 Å². The highest BCUT2D eigenvalue weighted by molar-refractivity contribution is 7.80. The van der Waals surface area contributed by atoms with E-state index in [1.54, 1.807) is 0 Å². The van der Waals surface area contributed by atoms with Crippen molar-refractivity contribution in [2.24, 2.45) is 5.92 Å². The van der Waals surface area contributed by atoms with Gasteiger partial charge in [-0.3, -0.25) is 0 Å². The molecule has 2 aliphatic carbocycles. The van der Waals surface area contributed by atoms with E-state index in [0.29, 0.717) is 12.1 Å². The Hall–Kier alpha value is -0.310. The van der Waals surface area contributed by atoms with E-state index in [0.717, 1.165) is 11.0 Å². The highest BCUT2D eigenvalue weighted by atomic mass is 32.1. The van der Waals surface area contributed by atoms with Crippen molar-refractivity contribution in [3.63, 3.8) is 0 Å². The first-order valence-electron chi connectivity index (χ1n) is 7.35. The Morgan fingerprint density at radius 2 is 1.47 bits per heavy atom. The summed E-state index contributed by atoms with van der Waals surface area (Å²) in [6, 6.07) is 1.26. The maximum absolute atomic E-state index is 5.41. The van der Waals surface area contributed by atoms with Crippen LogP contribution in [0.5, 0.6) is 0 Å². The van der Waals surface area contributed by atoms with Gasteiger partial charge in [-0.25, -0.2) is 0 Å². The van der Waals surface area contributed by atoms with Crippen LogP contribution in [0.2, 0.25) is 0 Å². The standard InChI is InChI=1S/C14H26N2S/c1-2-11-7-9-13(10-8-11)16-14(17)15-12-5-3-4-6-12/h11-13H,2-10H2,1H3,(H2,15,16,17). The van der Waals surface area contributed by atoms with Gasteiger partial charge in [0.1, 0.15) is 0 Å². The molecule has 0 aliphatic heterocycles. The van der Waals surface area contributed by atoms with Crippen LogP contribution in [0.1, 0.15) is 64.7 Å². The Morgan fingerprint density at radius 1 is 0.941 bits per heavy atom. The average Bonchev–Trinajstić information content (AvgIpc) is 2.82. The molecule has 0 bridgehead atoms. The molecule has 0 atom stereocenters. The van der Waals surface area contributed by atoms with E-state index in [-0.39, 0.29) is 0 Å².